The van der Waals surface area contributed by atoms with Crippen molar-refractivity contribution in [2.45, 2.75) is 37.5 Å². The molecule has 0 radical (unpaired) electrons. The first-order valence-corrected chi connectivity index (χ1v) is 8.82. The molecule has 1 aromatic rings. The summed E-state index contributed by atoms with van der Waals surface area (Å²) >= 11 is 6.02. The van der Waals surface area contributed by atoms with E-state index in [4.69, 9.17) is 17.3 Å². The van der Waals surface area contributed by atoms with Gasteiger partial charge < -0.3 is 5.73 Å². The summed E-state index contributed by atoms with van der Waals surface area (Å²) in [4.78, 5) is 0.119. The summed E-state index contributed by atoms with van der Waals surface area (Å²) in [7, 11) is -3.53. The van der Waals surface area contributed by atoms with Crippen LogP contribution in [0.1, 0.15) is 32.6 Å². The van der Waals surface area contributed by atoms with Gasteiger partial charge in [0.1, 0.15) is 4.90 Å². The third kappa shape index (κ3) is 3.27. The van der Waals surface area contributed by atoms with Gasteiger partial charge in [-0.25, -0.2) is 8.42 Å². The van der Waals surface area contributed by atoms with Gasteiger partial charge in [0.25, 0.3) is 0 Å². The quantitative estimate of drug-likeness (QED) is 0.868. The molecule has 0 aliphatic carbocycles. The number of hydrogen-bond donors (Lipinski definition) is 1. The lowest BCUT2D eigenvalue weighted by Crippen LogP contribution is -2.38. The molecule has 0 unspecified atom stereocenters. The monoisotopic (exact) mass is 316 g/mol. The summed E-state index contributed by atoms with van der Waals surface area (Å²) in [6.07, 6.45) is 4.17. The van der Waals surface area contributed by atoms with Gasteiger partial charge in [0.15, 0.2) is 0 Å². The van der Waals surface area contributed by atoms with Crippen LogP contribution in [0.25, 0.3) is 0 Å². The minimum atomic E-state index is -3.53. The predicted octanol–water partition coefficient (Wildman–Crippen LogP) is 3.12. The number of benzene rings is 1. The van der Waals surface area contributed by atoms with Crippen molar-refractivity contribution >= 4 is 27.3 Å². The largest absolute Gasteiger partial charge is 0.399 e. The van der Waals surface area contributed by atoms with Gasteiger partial charge in [0.2, 0.25) is 10.0 Å². The number of nitrogen functional groups attached to an aromatic ring is 1. The molecule has 0 amide bonds. The Hall–Kier alpha value is -0.780. The zero-order valence-electron chi connectivity index (χ0n) is 11.7. The van der Waals surface area contributed by atoms with E-state index in [1.165, 1.54) is 22.9 Å². The van der Waals surface area contributed by atoms with Crippen LogP contribution in [-0.4, -0.2) is 25.8 Å². The molecule has 1 aliphatic rings. The van der Waals surface area contributed by atoms with Crippen molar-refractivity contribution in [3.05, 3.63) is 23.2 Å². The highest BCUT2D eigenvalue weighted by atomic mass is 35.5. The number of rotatable bonds is 4. The fraction of sp³-hybridized carbons (Fsp3) is 0.571. The lowest BCUT2D eigenvalue weighted by molar-refractivity contribution is 0.262. The van der Waals surface area contributed by atoms with Crippen LogP contribution < -0.4 is 5.73 Å². The Morgan fingerprint density at radius 2 is 2.00 bits per heavy atom. The standard InChI is InChI=1S/C14H21ClN2O2S/c1-2-3-11-6-8-17(9-7-11)20(18,19)14-10-12(16)4-5-13(14)15/h4-5,10-11H,2-3,6-9,16H2,1H3. The molecule has 2 rings (SSSR count). The molecule has 6 heteroatoms. The molecular weight excluding hydrogens is 296 g/mol. The Balaban J connectivity index is 2.18. The third-order valence-electron chi connectivity index (χ3n) is 3.84. The number of sulfonamides is 1. The molecule has 0 bridgehead atoms. The number of nitrogens with zero attached hydrogens (tertiary/aromatic N) is 1. The van der Waals surface area contributed by atoms with Crippen molar-refractivity contribution in [3.63, 3.8) is 0 Å². The van der Waals surface area contributed by atoms with Gasteiger partial charge >= 0.3 is 0 Å². The Morgan fingerprint density at radius 1 is 1.35 bits per heavy atom. The first kappa shape index (κ1) is 15.6. The molecule has 0 aromatic heterocycles. The molecule has 0 saturated carbocycles. The maximum absolute atomic E-state index is 12.6. The van der Waals surface area contributed by atoms with Crippen LogP contribution in [0.4, 0.5) is 5.69 Å². The molecule has 1 saturated heterocycles. The van der Waals surface area contributed by atoms with Crippen LogP contribution >= 0.6 is 11.6 Å². The zero-order valence-corrected chi connectivity index (χ0v) is 13.3. The van der Waals surface area contributed by atoms with Gasteiger partial charge in [0, 0.05) is 18.8 Å². The SMILES string of the molecule is CCCC1CCN(S(=O)(=O)c2cc(N)ccc2Cl)CC1. The van der Waals surface area contributed by atoms with E-state index in [-0.39, 0.29) is 9.92 Å². The van der Waals surface area contributed by atoms with Crippen molar-refractivity contribution in [1.29, 1.82) is 0 Å². The number of piperidine rings is 1. The molecule has 2 N–H and O–H groups in total. The molecular formula is C14H21ClN2O2S. The van der Waals surface area contributed by atoms with Crippen LogP contribution in [0.2, 0.25) is 5.02 Å². The molecule has 1 fully saturated rings. The van der Waals surface area contributed by atoms with Crippen LogP contribution in [-0.2, 0) is 10.0 Å². The second kappa shape index (κ2) is 6.33. The van der Waals surface area contributed by atoms with Gasteiger partial charge in [-0.2, -0.15) is 4.31 Å². The highest BCUT2D eigenvalue weighted by molar-refractivity contribution is 7.89. The first-order chi connectivity index (χ1) is 9.45. The van der Waals surface area contributed by atoms with Crippen LogP contribution in [0, 0.1) is 5.92 Å². The summed E-state index contributed by atoms with van der Waals surface area (Å²) < 4.78 is 26.7. The van der Waals surface area contributed by atoms with E-state index < -0.39 is 10.0 Å². The minimum Gasteiger partial charge on any atom is -0.399 e. The lowest BCUT2D eigenvalue weighted by Gasteiger charge is -2.31. The topological polar surface area (TPSA) is 63.4 Å². The maximum Gasteiger partial charge on any atom is 0.244 e. The summed E-state index contributed by atoms with van der Waals surface area (Å²) in [6.45, 7) is 3.30. The highest BCUT2D eigenvalue weighted by Gasteiger charge is 2.30. The molecule has 20 heavy (non-hydrogen) atoms. The predicted molar refractivity (Wildman–Crippen MR) is 82.3 cm³/mol. The molecule has 0 spiro atoms. The van der Waals surface area contributed by atoms with Crippen molar-refractivity contribution in [3.8, 4) is 0 Å². The van der Waals surface area contributed by atoms with Crippen molar-refractivity contribution < 1.29 is 8.42 Å². The molecule has 112 valence electrons. The fourth-order valence-electron chi connectivity index (χ4n) is 2.70. The van der Waals surface area contributed by atoms with E-state index in [2.05, 4.69) is 6.92 Å². The van der Waals surface area contributed by atoms with Crippen LogP contribution in [0.5, 0.6) is 0 Å². The maximum atomic E-state index is 12.6. The molecule has 1 aliphatic heterocycles. The van der Waals surface area contributed by atoms with Gasteiger partial charge in [-0.15, -0.1) is 0 Å². The van der Waals surface area contributed by atoms with E-state index in [1.807, 2.05) is 0 Å². The average molecular weight is 317 g/mol. The smallest absolute Gasteiger partial charge is 0.244 e. The lowest BCUT2D eigenvalue weighted by atomic mass is 9.94. The van der Waals surface area contributed by atoms with E-state index in [0.717, 1.165) is 19.3 Å². The zero-order chi connectivity index (χ0) is 14.8. The Bertz CT molecular complexity index is 567. The molecule has 1 aromatic carbocycles. The molecule has 0 atom stereocenters. The third-order valence-corrected chi connectivity index (χ3v) is 6.22. The number of anilines is 1. The fourth-order valence-corrected chi connectivity index (χ4v) is 4.68. The van der Waals surface area contributed by atoms with Gasteiger partial charge in [-0.1, -0.05) is 31.4 Å². The summed E-state index contributed by atoms with van der Waals surface area (Å²) in [5, 5.41) is 0.231. The van der Waals surface area contributed by atoms with E-state index in [1.54, 1.807) is 6.07 Å². The van der Waals surface area contributed by atoms with Gasteiger partial charge in [0.05, 0.1) is 5.02 Å². The van der Waals surface area contributed by atoms with Crippen LogP contribution in [0.15, 0.2) is 23.1 Å². The van der Waals surface area contributed by atoms with Gasteiger partial charge in [-0.05, 0) is 37.0 Å². The van der Waals surface area contributed by atoms with Crippen molar-refractivity contribution in [2.24, 2.45) is 5.92 Å². The van der Waals surface area contributed by atoms with E-state index in [0.29, 0.717) is 24.7 Å². The Kier molecular flexibility index (Phi) is 4.94. The average Bonchev–Trinajstić information content (AvgIpc) is 2.42. The Labute approximate surface area is 126 Å². The van der Waals surface area contributed by atoms with Crippen LogP contribution in [0.3, 0.4) is 0 Å². The Morgan fingerprint density at radius 3 is 2.60 bits per heavy atom. The highest BCUT2D eigenvalue weighted by Crippen LogP contribution is 2.30. The van der Waals surface area contributed by atoms with Gasteiger partial charge in [-0.3, -0.25) is 0 Å². The van der Waals surface area contributed by atoms with E-state index in [9.17, 15) is 8.42 Å². The number of hydrogen-bond acceptors (Lipinski definition) is 3. The summed E-state index contributed by atoms with van der Waals surface area (Å²) in [6, 6.07) is 4.58. The summed E-state index contributed by atoms with van der Waals surface area (Å²) in [5.74, 6) is 0.641. The normalized spacial score (nSPS) is 18.3. The minimum absolute atomic E-state index is 0.119. The second-order valence-corrected chi connectivity index (χ2v) is 7.64. The molecule has 4 nitrogen and oxygen atoms in total. The van der Waals surface area contributed by atoms with Crippen molar-refractivity contribution in [2.75, 3.05) is 18.8 Å². The molecule has 1 heterocycles. The van der Waals surface area contributed by atoms with E-state index >= 15 is 0 Å². The summed E-state index contributed by atoms with van der Waals surface area (Å²) in [5.41, 5.74) is 6.08. The van der Waals surface area contributed by atoms with Crippen molar-refractivity contribution in [1.82, 2.24) is 4.31 Å². The number of halogens is 1. The number of nitrogens with two attached hydrogens (primary N) is 1. The second-order valence-electron chi connectivity index (χ2n) is 5.33. The first-order valence-electron chi connectivity index (χ1n) is 7.00.